The number of likely N-dealkylation sites (N-methyl/N-ethyl adjacent to an activating group) is 1. The normalized spacial score (nSPS) is 27.9. The highest BCUT2D eigenvalue weighted by molar-refractivity contribution is 9.10. The van der Waals surface area contributed by atoms with Gasteiger partial charge in [0.15, 0.2) is 0 Å². The lowest BCUT2D eigenvalue weighted by Gasteiger charge is -2.28. The minimum absolute atomic E-state index is 0.0231. The molecule has 114 valence electrons. The third-order valence-corrected chi connectivity index (χ3v) is 5.25. The van der Waals surface area contributed by atoms with Gasteiger partial charge < -0.3 is 20.6 Å². The second-order valence-corrected chi connectivity index (χ2v) is 6.67. The molecule has 1 fully saturated rings. The number of rotatable bonds is 3. The van der Waals surface area contributed by atoms with E-state index in [2.05, 4.69) is 38.4 Å². The number of hydrogen-bond acceptors (Lipinski definition) is 4. The molecule has 0 aliphatic carbocycles. The Labute approximate surface area is 132 Å². The number of aliphatic hydroxyl groups is 1. The number of amides is 1. The van der Waals surface area contributed by atoms with Gasteiger partial charge in [-0.05, 0) is 47.4 Å². The molecule has 1 aromatic carbocycles. The van der Waals surface area contributed by atoms with Gasteiger partial charge in [-0.2, -0.15) is 0 Å². The summed E-state index contributed by atoms with van der Waals surface area (Å²) in [6.45, 7) is 3.24. The van der Waals surface area contributed by atoms with Crippen LogP contribution in [0.2, 0.25) is 0 Å². The van der Waals surface area contributed by atoms with Crippen LogP contribution in [0.5, 0.6) is 0 Å². The van der Waals surface area contributed by atoms with Gasteiger partial charge in [-0.1, -0.05) is 6.92 Å². The van der Waals surface area contributed by atoms with E-state index in [0.717, 1.165) is 34.4 Å². The predicted octanol–water partition coefficient (Wildman–Crippen LogP) is 1.87. The van der Waals surface area contributed by atoms with Gasteiger partial charge in [-0.15, -0.1) is 0 Å². The largest absolute Gasteiger partial charge is 0.394 e. The summed E-state index contributed by atoms with van der Waals surface area (Å²) < 4.78 is 0.963. The Morgan fingerprint density at radius 2 is 2.29 bits per heavy atom. The predicted molar refractivity (Wildman–Crippen MR) is 86.6 cm³/mol. The van der Waals surface area contributed by atoms with Crippen LogP contribution in [0.4, 0.5) is 11.4 Å². The lowest BCUT2D eigenvalue weighted by Crippen LogP contribution is -2.35. The van der Waals surface area contributed by atoms with E-state index in [9.17, 15) is 9.90 Å². The van der Waals surface area contributed by atoms with Crippen LogP contribution in [0.15, 0.2) is 16.6 Å². The minimum atomic E-state index is -0.295. The molecule has 0 bridgehead atoms. The molecule has 5 nitrogen and oxygen atoms in total. The molecule has 2 aliphatic heterocycles. The zero-order valence-electron chi connectivity index (χ0n) is 12.2. The van der Waals surface area contributed by atoms with E-state index in [-0.39, 0.29) is 24.6 Å². The molecule has 3 atom stereocenters. The van der Waals surface area contributed by atoms with Gasteiger partial charge in [0, 0.05) is 22.3 Å². The van der Waals surface area contributed by atoms with Crippen LogP contribution >= 0.6 is 15.9 Å². The van der Waals surface area contributed by atoms with Crippen LogP contribution in [-0.2, 0) is 4.79 Å². The van der Waals surface area contributed by atoms with Gasteiger partial charge in [0.2, 0.25) is 5.91 Å². The summed E-state index contributed by atoms with van der Waals surface area (Å²) >= 11 is 3.62. The first-order valence-corrected chi connectivity index (χ1v) is 8.05. The number of halogens is 1. The van der Waals surface area contributed by atoms with E-state index < -0.39 is 0 Å². The molecule has 1 saturated heterocycles. The molecule has 3 rings (SSSR count). The number of aliphatic hydroxyl groups excluding tert-OH is 1. The maximum absolute atomic E-state index is 11.9. The minimum Gasteiger partial charge on any atom is -0.394 e. The van der Waals surface area contributed by atoms with Crippen molar-refractivity contribution in [1.29, 1.82) is 0 Å². The van der Waals surface area contributed by atoms with Crippen LogP contribution in [0.1, 0.15) is 24.9 Å². The first kappa shape index (κ1) is 14.8. The van der Waals surface area contributed by atoms with E-state index >= 15 is 0 Å². The summed E-state index contributed by atoms with van der Waals surface area (Å²) in [4.78, 5) is 14.2. The fraction of sp³-hybridized carbons (Fsp3) is 0.533. The number of anilines is 2. The van der Waals surface area contributed by atoms with Crippen molar-refractivity contribution in [3.63, 3.8) is 0 Å². The molecule has 0 spiro atoms. The van der Waals surface area contributed by atoms with Gasteiger partial charge in [0.25, 0.3) is 0 Å². The topological polar surface area (TPSA) is 64.6 Å². The molecule has 1 amide bonds. The highest BCUT2D eigenvalue weighted by Crippen LogP contribution is 2.41. The van der Waals surface area contributed by atoms with E-state index in [1.54, 1.807) is 7.05 Å². The van der Waals surface area contributed by atoms with E-state index in [4.69, 9.17) is 0 Å². The van der Waals surface area contributed by atoms with E-state index in [1.807, 2.05) is 12.1 Å². The van der Waals surface area contributed by atoms with Gasteiger partial charge >= 0.3 is 0 Å². The molecule has 3 N–H and O–H groups in total. The molecule has 0 radical (unpaired) electrons. The fourth-order valence-corrected chi connectivity index (χ4v) is 3.95. The average Bonchev–Trinajstić information content (AvgIpc) is 2.96. The van der Waals surface area contributed by atoms with Crippen molar-refractivity contribution in [2.45, 2.75) is 25.4 Å². The van der Waals surface area contributed by atoms with Crippen molar-refractivity contribution in [2.75, 3.05) is 30.4 Å². The maximum atomic E-state index is 11.9. The average molecular weight is 354 g/mol. The van der Waals surface area contributed by atoms with Crippen molar-refractivity contribution in [2.24, 2.45) is 5.92 Å². The summed E-state index contributed by atoms with van der Waals surface area (Å²) in [5.41, 5.74) is 2.86. The quantitative estimate of drug-likeness (QED) is 0.776. The van der Waals surface area contributed by atoms with Crippen LogP contribution in [0.25, 0.3) is 0 Å². The molecular formula is C15H20BrN3O2. The number of fused-ring (bicyclic) bond motifs is 1. The van der Waals surface area contributed by atoms with Crippen LogP contribution in [-0.4, -0.2) is 37.3 Å². The summed E-state index contributed by atoms with van der Waals surface area (Å²) in [6, 6.07) is 3.85. The second-order valence-electron chi connectivity index (χ2n) is 5.81. The molecule has 2 aliphatic rings. The highest BCUT2D eigenvalue weighted by atomic mass is 79.9. The molecule has 21 heavy (non-hydrogen) atoms. The monoisotopic (exact) mass is 353 g/mol. The van der Waals surface area contributed by atoms with E-state index in [1.165, 1.54) is 0 Å². The van der Waals surface area contributed by atoms with Crippen LogP contribution in [0.3, 0.4) is 0 Å². The third kappa shape index (κ3) is 2.35. The van der Waals surface area contributed by atoms with Gasteiger partial charge in [0.1, 0.15) is 6.04 Å². The Balaban J connectivity index is 1.99. The zero-order valence-corrected chi connectivity index (χ0v) is 13.8. The van der Waals surface area contributed by atoms with Crippen molar-refractivity contribution < 1.29 is 9.90 Å². The van der Waals surface area contributed by atoms with Crippen LogP contribution < -0.4 is 15.5 Å². The van der Waals surface area contributed by atoms with Gasteiger partial charge in [-0.25, -0.2) is 0 Å². The Bertz CT molecular complexity index is 578. The summed E-state index contributed by atoms with van der Waals surface area (Å²) in [7, 11) is 1.78. The third-order valence-electron chi connectivity index (χ3n) is 4.62. The summed E-state index contributed by atoms with van der Waals surface area (Å²) in [5.74, 6) is 0.444. The number of hydrogen-bond donors (Lipinski definition) is 3. The first-order valence-electron chi connectivity index (χ1n) is 7.26. The van der Waals surface area contributed by atoms with Gasteiger partial charge in [0.05, 0.1) is 18.3 Å². The molecule has 3 unspecified atom stereocenters. The molecule has 2 heterocycles. The number of carbonyl (C=O) groups excluding carboxylic acids is 1. The van der Waals surface area contributed by atoms with Crippen molar-refractivity contribution >= 4 is 33.2 Å². The molecule has 0 saturated carbocycles. The SMILES string of the molecule is CNC1C(=O)Nc2cc(N3CCC(C)C3CO)c(Br)cc21. The zero-order chi connectivity index (χ0) is 15.1. The smallest absolute Gasteiger partial charge is 0.246 e. The van der Waals surface area contributed by atoms with Crippen LogP contribution in [0, 0.1) is 5.92 Å². The number of nitrogens with one attached hydrogen (secondary N) is 2. The molecule has 1 aromatic rings. The Hall–Kier alpha value is -1.11. The second kappa shape index (κ2) is 5.59. The number of benzene rings is 1. The van der Waals surface area contributed by atoms with Crippen molar-refractivity contribution in [3.8, 4) is 0 Å². The molecule has 0 aromatic heterocycles. The fourth-order valence-electron chi connectivity index (χ4n) is 3.36. The highest BCUT2D eigenvalue weighted by Gasteiger charge is 2.35. The number of nitrogens with zero attached hydrogens (tertiary/aromatic N) is 1. The Morgan fingerprint density at radius 3 is 2.95 bits per heavy atom. The molecular weight excluding hydrogens is 334 g/mol. The maximum Gasteiger partial charge on any atom is 0.246 e. The van der Waals surface area contributed by atoms with Crippen molar-refractivity contribution in [3.05, 3.63) is 22.2 Å². The summed E-state index contributed by atoms with van der Waals surface area (Å²) in [6.07, 6.45) is 1.07. The molecule has 6 heteroatoms. The standard InChI is InChI=1S/C15H20BrN3O2/c1-8-3-4-19(13(8)7-20)12-6-11-9(5-10(12)16)14(17-2)15(21)18-11/h5-6,8,13-14,17,20H,3-4,7H2,1-2H3,(H,18,21). The Kier molecular flexibility index (Phi) is 3.94. The number of carbonyl (C=O) groups is 1. The van der Waals surface area contributed by atoms with E-state index in [0.29, 0.717) is 5.92 Å². The summed E-state index contributed by atoms with van der Waals surface area (Å²) in [5, 5.41) is 15.6. The van der Waals surface area contributed by atoms with Crippen molar-refractivity contribution in [1.82, 2.24) is 5.32 Å². The lowest BCUT2D eigenvalue weighted by molar-refractivity contribution is -0.117. The van der Waals surface area contributed by atoms with Gasteiger partial charge in [-0.3, -0.25) is 4.79 Å². The first-order chi connectivity index (χ1) is 10.1. The Morgan fingerprint density at radius 1 is 1.52 bits per heavy atom. The lowest BCUT2D eigenvalue weighted by atomic mass is 10.0.